The molecule has 0 saturated carbocycles. The van der Waals surface area contributed by atoms with Crippen LogP contribution in [0.25, 0.3) is 0 Å². The lowest BCUT2D eigenvalue weighted by atomic mass is 9.95. The SMILES string of the molecule is Cc1cc(CC(=O)NC(C)C)ccc1C(C)C. The number of nitrogens with one attached hydrogen (secondary N) is 1. The van der Waals surface area contributed by atoms with Gasteiger partial charge in [0, 0.05) is 6.04 Å². The van der Waals surface area contributed by atoms with Crippen LogP contribution in [0.15, 0.2) is 18.2 Å². The molecule has 2 heteroatoms. The lowest BCUT2D eigenvalue weighted by molar-refractivity contribution is -0.120. The van der Waals surface area contributed by atoms with Crippen molar-refractivity contribution in [1.82, 2.24) is 5.32 Å². The number of carbonyl (C=O) groups excluding carboxylic acids is 1. The fourth-order valence-corrected chi connectivity index (χ4v) is 2.05. The number of aryl methyl sites for hydroxylation is 1. The third-order valence-corrected chi connectivity index (χ3v) is 2.77. The van der Waals surface area contributed by atoms with Gasteiger partial charge in [-0.15, -0.1) is 0 Å². The minimum atomic E-state index is 0.0942. The highest BCUT2D eigenvalue weighted by atomic mass is 16.1. The molecule has 1 amide bonds. The summed E-state index contributed by atoms with van der Waals surface area (Å²) in [5.74, 6) is 0.630. The molecule has 1 N–H and O–H groups in total. The molecular weight excluding hydrogens is 210 g/mol. The maximum atomic E-state index is 11.6. The summed E-state index contributed by atoms with van der Waals surface area (Å²) >= 11 is 0. The highest BCUT2D eigenvalue weighted by Gasteiger charge is 2.08. The van der Waals surface area contributed by atoms with E-state index in [4.69, 9.17) is 0 Å². The van der Waals surface area contributed by atoms with E-state index < -0.39 is 0 Å². The number of hydrogen-bond donors (Lipinski definition) is 1. The maximum Gasteiger partial charge on any atom is 0.224 e. The van der Waals surface area contributed by atoms with Crippen LogP contribution < -0.4 is 5.32 Å². The first kappa shape index (κ1) is 13.8. The number of amides is 1. The first-order valence-electron chi connectivity index (χ1n) is 6.29. The lowest BCUT2D eigenvalue weighted by Gasteiger charge is -2.12. The molecule has 0 spiro atoms. The zero-order valence-corrected chi connectivity index (χ0v) is 11.5. The zero-order chi connectivity index (χ0) is 13.0. The smallest absolute Gasteiger partial charge is 0.224 e. The van der Waals surface area contributed by atoms with Gasteiger partial charge in [-0.3, -0.25) is 4.79 Å². The summed E-state index contributed by atoms with van der Waals surface area (Å²) in [5, 5.41) is 2.91. The van der Waals surface area contributed by atoms with Gasteiger partial charge in [-0.05, 0) is 43.4 Å². The largest absolute Gasteiger partial charge is 0.354 e. The van der Waals surface area contributed by atoms with E-state index in [1.54, 1.807) is 0 Å². The van der Waals surface area contributed by atoms with E-state index in [1.165, 1.54) is 11.1 Å². The third kappa shape index (κ3) is 4.22. The first-order valence-corrected chi connectivity index (χ1v) is 6.29. The summed E-state index contributed by atoms with van der Waals surface area (Å²) < 4.78 is 0. The molecule has 1 aromatic rings. The van der Waals surface area contributed by atoms with E-state index in [0.717, 1.165) is 5.56 Å². The Kier molecular flexibility index (Phi) is 4.73. The molecule has 0 radical (unpaired) electrons. The Balaban J connectivity index is 2.74. The topological polar surface area (TPSA) is 29.1 Å². The van der Waals surface area contributed by atoms with Crippen molar-refractivity contribution in [2.24, 2.45) is 0 Å². The second kappa shape index (κ2) is 5.85. The van der Waals surface area contributed by atoms with Crippen molar-refractivity contribution in [2.45, 2.75) is 53.0 Å². The van der Waals surface area contributed by atoms with Crippen molar-refractivity contribution in [3.63, 3.8) is 0 Å². The molecular formula is C15H23NO. The van der Waals surface area contributed by atoms with Crippen LogP contribution in [0.4, 0.5) is 0 Å². The van der Waals surface area contributed by atoms with E-state index in [-0.39, 0.29) is 11.9 Å². The third-order valence-electron chi connectivity index (χ3n) is 2.77. The molecule has 0 aromatic heterocycles. The second-order valence-electron chi connectivity index (χ2n) is 5.24. The van der Waals surface area contributed by atoms with Crippen molar-refractivity contribution >= 4 is 5.91 Å². The molecule has 1 aromatic carbocycles. The Bertz CT molecular complexity index is 394. The van der Waals surface area contributed by atoms with Gasteiger partial charge in [0.25, 0.3) is 0 Å². The van der Waals surface area contributed by atoms with Gasteiger partial charge in [-0.25, -0.2) is 0 Å². The molecule has 0 unspecified atom stereocenters. The fraction of sp³-hybridized carbons (Fsp3) is 0.533. The number of rotatable bonds is 4. The molecule has 0 aliphatic carbocycles. The summed E-state index contributed by atoms with van der Waals surface area (Å²) in [4.78, 5) is 11.6. The van der Waals surface area contributed by atoms with Crippen molar-refractivity contribution < 1.29 is 4.79 Å². The Labute approximate surface area is 104 Å². The average Bonchev–Trinajstić information content (AvgIpc) is 2.15. The second-order valence-corrected chi connectivity index (χ2v) is 5.24. The minimum Gasteiger partial charge on any atom is -0.354 e. The number of benzene rings is 1. The highest BCUT2D eigenvalue weighted by molar-refractivity contribution is 5.78. The van der Waals surface area contributed by atoms with Crippen molar-refractivity contribution in [3.05, 3.63) is 34.9 Å². The first-order chi connectivity index (χ1) is 7.90. The number of carbonyl (C=O) groups is 1. The van der Waals surface area contributed by atoms with E-state index in [2.05, 4.69) is 44.3 Å². The summed E-state index contributed by atoms with van der Waals surface area (Å²) in [5.41, 5.74) is 3.72. The summed E-state index contributed by atoms with van der Waals surface area (Å²) in [6.45, 7) is 10.4. The number of hydrogen-bond acceptors (Lipinski definition) is 1. The minimum absolute atomic E-state index is 0.0942. The van der Waals surface area contributed by atoms with Crippen LogP contribution in [0, 0.1) is 6.92 Å². The van der Waals surface area contributed by atoms with E-state index in [0.29, 0.717) is 12.3 Å². The molecule has 1 rings (SSSR count). The van der Waals surface area contributed by atoms with Gasteiger partial charge in [-0.2, -0.15) is 0 Å². The lowest BCUT2D eigenvalue weighted by Crippen LogP contribution is -2.31. The normalized spacial score (nSPS) is 11.0. The van der Waals surface area contributed by atoms with Crippen molar-refractivity contribution in [2.75, 3.05) is 0 Å². The standard InChI is InChI=1S/C15H23NO/c1-10(2)14-7-6-13(8-12(14)5)9-15(17)16-11(3)4/h6-8,10-11H,9H2,1-5H3,(H,16,17). The molecule has 0 heterocycles. The molecule has 2 nitrogen and oxygen atoms in total. The van der Waals surface area contributed by atoms with Gasteiger partial charge in [0.05, 0.1) is 6.42 Å². The van der Waals surface area contributed by atoms with Crippen LogP contribution in [0.2, 0.25) is 0 Å². The quantitative estimate of drug-likeness (QED) is 0.850. The molecule has 0 fully saturated rings. The van der Waals surface area contributed by atoms with Gasteiger partial charge >= 0.3 is 0 Å². The van der Waals surface area contributed by atoms with Gasteiger partial charge in [0.1, 0.15) is 0 Å². The van der Waals surface area contributed by atoms with E-state index in [9.17, 15) is 4.79 Å². The van der Waals surface area contributed by atoms with E-state index in [1.807, 2.05) is 13.8 Å². The average molecular weight is 233 g/mol. The zero-order valence-electron chi connectivity index (χ0n) is 11.5. The van der Waals surface area contributed by atoms with E-state index >= 15 is 0 Å². The summed E-state index contributed by atoms with van der Waals surface area (Å²) in [6.07, 6.45) is 0.470. The Morgan fingerprint density at radius 1 is 1.24 bits per heavy atom. The molecule has 94 valence electrons. The molecule has 0 bridgehead atoms. The van der Waals surface area contributed by atoms with Crippen LogP contribution in [0.5, 0.6) is 0 Å². The fourth-order valence-electron chi connectivity index (χ4n) is 2.05. The monoisotopic (exact) mass is 233 g/mol. The van der Waals surface area contributed by atoms with Gasteiger partial charge in [0.15, 0.2) is 0 Å². The van der Waals surface area contributed by atoms with Crippen molar-refractivity contribution in [1.29, 1.82) is 0 Å². The van der Waals surface area contributed by atoms with Crippen LogP contribution in [0.1, 0.15) is 50.3 Å². The molecule has 17 heavy (non-hydrogen) atoms. The molecule has 0 aliphatic heterocycles. The summed E-state index contributed by atoms with van der Waals surface area (Å²) in [6, 6.07) is 6.52. The van der Waals surface area contributed by atoms with Crippen LogP contribution in [-0.2, 0) is 11.2 Å². The van der Waals surface area contributed by atoms with Crippen LogP contribution in [-0.4, -0.2) is 11.9 Å². The Morgan fingerprint density at radius 3 is 2.35 bits per heavy atom. The van der Waals surface area contributed by atoms with Crippen LogP contribution >= 0.6 is 0 Å². The Hall–Kier alpha value is -1.31. The summed E-state index contributed by atoms with van der Waals surface area (Å²) in [7, 11) is 0. The predicted octanol–water partition coefficient (Wildman–Crippen LogP) is 3.19. The molecule has 0 aliphatic rings. The van der Waals surface area contributed by atoms with Gasteiger partial charge in [-0.1, -0.05) is 32.0 Å². The predicted molar refractivity (Wildman–Crippen MR) is 72.3 cm³/mol. The molecule has 0 atom stereocenters. The van der Waals surface area contributed by atoms with Crippen molar-refractivity contribution in [3.8, 4) is 0 Å². The molecule has 0 saturated heterocycles. The van der Waals surface area contributed by atoms with Gasteiger partial charge < -0.3 is 5.32 Å². The van der Waals surface area contributed by atoms with Gasteiger partial charge in [0.2, 0.25) is 5.91 Å². The van der Waals surface area contributed by atoms with Crippen LogP contribution in [0.3, 0.4) is 0 Å². The Morgan fingerprint density at radius 2 is 1.88 bits per heavy atom. The maximum absolute atomic E-state index is 11.6. The highest BCUT2D eigenvalue weighted by Crippen LogP contribution is 2.20.